The highest BCUT2D eigenvalue weighted by Gasteiger charge is 2.15. The van der Waals surface area contributed by atoms with Crippen LogP contribution in [0.4, 0.5) is 0 Å². The van der Waals surface area contributed by atoms with Crippen molar-refractivity contribution in [1.29, 1.82) is 0 Å². The van der Waals surface area contributed by atoms with E-state index in [1.165, 1.54) is 0 Å². The van der Waals surface area contributed by atoms with Gasteiger partial charge in [0, 0.05) is 18.3 Å². The van der Waals surface area contributed by atoms with Crippen LogP contribution in [-0.2, 0) is 7.05 Å². The van der Waals surface area contributed by atoms with Gasteiger partial charge in [-0.3, -0.25) is 4.79 Å². The van der Waals surface area contributed by atoms with Gasteiger partial charge in [0.15, 0.2) is 6.29 Å². The van der Waals surface area contributed by atoms with Crippen LogP contribution in [0.3, 0.4) is 0 Å². The van der Waals surface area contributed by atoms with Gasteiger partial charge in [0.25, 0.3) is 0 Å². The van der Waals surface area contributed by atoms with Gasteiger partial charge in [-0.1, -0.05) is 0 Å². The Balaban J connectivity index is 2.50. The first-order valence-corrected chi connectivity index (χ1v) is 6.44. The lowest BCUT2D eigenvalue weighted by Crippen LogP contribution is -1.95. The Morgan fingerprint density at radius 1 is 1.21 bits per heavy atom. The number of ether oxygens (including phenoxy) is 1. The first kappa shape index (κ1) is 13.4. The lowest BCUT2D eigenvalue weighted by atomic mass is 10.1. The highest BCUT2D eigenvalue weighted by Crippen LogP contribution is 2.30. The van der Waals surface area contributed by atoms with Crippen molar-refractivity contribution in [3.05, 3.63) is 41.1 Å². The lowest BCUT2D eigenvalue weighted by molar-refractivity contribution is 0.112. The minimum absolute atomic E-state index is 0.664. The van der Waals surface area contributed by atoms with Crippen molar-refractivity contribution in [2.75, 3.05) is 6.61 Å². The van der Waals surface area contributed by atoms with Crippen LogP contribution in [0.25, 0.3) is 11.3 Å². The maximum absolute atomic E-state index is 11.2. The van der Waals surface area contributed by atoms with Gasteiger partial charge in [-0.05, 0) is 56.2 Å². The van der Waals surface area contributed by atoms with Gasteiger partial charge in [-0.2, -0.15) is 0 Å². The number of nitrogens with zero attached hydrogens (tertiary/aromatic N) is 1. The molecule has 0 saturated heterocycles. The third-order valence-corrected chi connectivity index (χ3v) is 3.54. The van der Waals surface area contributed by atoms with Gasteiger partial charge in [0.2, 0.25) is 0 Å². The molecule has 0 amide bonds. The van der Waals surface area contributed by atoms with E-state index in [1.54, 1.807) is 0 Å². The quantitative estimate of drug-likeness (QED) is 0.785. The van der Waals surface area contributed by atoms with Crippen LogP contribution in [0.1, 0.15) is 28.5 Å². The molecule has 2 aromatic rings. The first-order chi connectivity index (χ1) is 9.10. The molecule has 0 atom stereocenters. The van der Waals surface area contributed by atoms with Crippen molar-refractivity contribution in [2.45, 2.75) is 20.8 Å². The van der Waals surface area contributed by atoms with Crippen molar-refractivity contribution in [3.8, 4) is 17.0 Å². The smallest absolute Gasteiger partial charge is 0.152 e. The molecule has 0 aliphatic heterocycles. The van der Waals surface area contributed by atoms with Crippen LogP contribution in [0.2, 0.25) is 0 Å². The molecule has 0 spiro atoms. The molecule has 0 saturated carbocycles. The van der Waals surface area contributed by atoms with E-state index in [0.717, 1.165) is 40.1 Å². The van der Waals surface area contributed by atoms with E-state index in [-0.39, 0.29) is 0 Å². The summed E-state index contributed by atoms with van der Waals surface area (Å²) in [5, 5.41) is 0. The Bertz CT molecular complexity index is 594. The zero-order chi connectivity index (χ0) is 14.0. The molecule has 0 unspecified atom stereocenters. The highest BCUT2D eigenvalue weighted by molar-refractivity contribution is 5.84. The number of rotatable bonds is 4. The van der Waals surface area contributed by atoms with E-state index in [9.17, 15) is 4.79 Å². The van der Waals surface area contributed by atoms with Gasteiger partial charge in [0.05, 0.1) is 12.3 Å². The molecule has 0 bridgehead atoms. The molecule has 0 radical (unpaired) electrons. The molecule has 0 aliphatic carbocycles. The molecule has 3 heteroatoms. The Labute approximate surface area is 113 Å². The monoisotopic (exact) mass is 257 g/mol. The summed E-state index contributed by atoms with van der Waals surface area (Å²) >= 11 is 0. The van der Waals surface area contributed by atoms with Gasteiger partial charge < -0.3 is 9.30 Å². The molecule has 2 rings (SSSR count). The van der Waals surface area contributed by atoms with Crippen LogP contribution in [0.15, 0.2) is 24.3 Å². The molecule has 100 valence electrons. The van der Waals surface area contributed by atoms with E-state index in [2.05, 4.69) is 4.57 Å². The summed E-state index contributed by atoms with van der Waals surface area (Å²) < 4.78 is 7.51. The highest BCUT2D eigenvalue weighted by atomic mass is 16.5. The summed E-state index contributed by atoms with van der Waals surface area (Å²) in [7, 11) is 1.99. The number of carbonyl (C=O) groups excluding carboxylic acids is 1. The van der Waals surface area contributed by atoms with Crippen LogP contribution in [-0.4, -0.2) is 17.5 Å². The first-order valence-electron chi connectivity index (χ1n) is 6.44. The molecule has 19 heavy (non-hydrogen) atoms. The molecule has 0 aliphatic rings. The van der Waals surface area contributed by atoms with E-state index in [0.29, 0.717) is 6.61 Å². The number of carbonyl (C=O) groups is 1. The van der Waals surface area contributed by atoms with Crippen molar-refractivity contribution in [2.24, 2.45) is 7.05 Å². The number of hydrogen-bond donors (Lipinski definition) is 0. The zero-order valence-electron chi connectivity index (χ0n) is 11.9. The van der Waals surface area contributed by atoms with Crippen LogP contribution >= 0.6 is 0 Å². The Morgan fingerprint density at radius 2 is 1.84 bits per heavy atom. The maximum atomic E-state index is 11.2. The Kier molecular flexibility index (Phi) is 3.74. The Hall–Kier alpha value is -2.03. The van der Waals surface area contributed by atoms with E-state index in [1.807, 2.05) is 52.1 Å². The van der Waals surface area contributed by atoms with E-state index in [4.69, 9.17) is 4.74 Å². The SMILES string of the molecule is CCOc1ccc(-c2c(C)c(C=O)c(C)n2C)cc1. The number of aldehydes is 1. The molecule has 3 nitrogen and oxygen atoms in total. The fraction of sp³-hybridized carbons (Fsp3) is 0.312. The molecule has 0 fully saturated rings. The second-order valence-corrected chi connectivity index (χ2v) is 4.61. The largest absolute Gasteiger partial charge is 0.494 e. The van der Waals surface area contributed by atoms with Gasteiger partial charge in [-0.25, -0.2) is 0 Å². The molecular weight excluding hydrogens is 238 g/mol. The maximum Gasteiger partial charge on any atom is 0.152 e. The number of benzene rings is 1. The average Bonchev–Trinajstić information content (AvgIpc) is 2.62. The summed E-state index contributed by atoms with van der Waals surface area (Å²) in [5.74, 6) is 0.866. The lowest BCUT2D eigenvalue weighted by Gasteiger charge is -2.08. The van der Waals surface area contributed by atoms with Gasteiger partial charge >= 0.3 is 0 Å². The van der Waals surface area contributed by atoms with Crippen LogP contribution < -0.4 is 4.74 Å². The summed E-state index contributed by atoms with van der Waals surface area (Å²) in [6.07, 6.45) is 0.933. The van der Waals surface area contributed by atoms with Crippen LogP contribution in [0.5, 0.6) is 5.75 Å². The van der Waals surface area contributed by atoms with Crippen molar-refractivity contribution < 1.29 is 9.53 Å². The van der Waals surface area contributed by atoms with Crippen molar-refractivity contribution in [1.82, 2.24) is 4.57 Å². The third kappa shape index (κ3) is 2.28. The normalized spacial score (nSPS) is 10.5. The second kappa shape index (κ2) is 5.31. The van der Waals surface area contributed by atoms with Gasteiger partial charge in [-0.15, -0.1) is 0 Å². The summed E-state index contributed by atoms with van der Waals surface area (Å²) in [4.78, 5) is 11.2. The minimum Gasteiger partial charge on any atom is -0.494 e. The summed E-state index contributed by atoms with van der Waals surface area (Å²) in [6, 6.07) is 7.98. The van der Waals surface area contributed by atoms with Gasteiger partial charge in [0.1, 0.15) is 5.75 Å². The third-order valence-electron chi connectivity index (χ3n) is 3.54. The molecule has 1 heterocycles. The number of aromatic nitrogens is 1. The predicted octanol–water partition coefficient (Wildman–Crippen LogP) is 3.52. The fourth-order valence-corrected chi connectivity index (χ4v) is 2.46. The summed E-state index contributed by atoms with van der Waals surface area (Å²) in [6.45, 7) is 6.59. The fourth-order valence-electron chi connectivity index (χ4n) is 2.46. The predicted molar refractivity (Wildman–Crippen MR) is 76.9 cm³/mol. The Morgan fingerprint density at radius 3 is 2.32 bits per heavy atom. The minimum atomic E-state index is 0.664. The topological polar surface area (TPSA) is 31.2 Å². The van der Waals surface area contributed by atoms with E-state index < -0.39 is 0 Å². The summed E-state index contributed by atoms with van der Waals surface area (Å²) in [5.41, 5.74) is 4.99. The standard InChI is InChI=1S/C16H19NO2/c1-5-19-14-8-6-13(7-9-14)16-11(2)15(10-18)12(3)17(16)4/h6-10H,5H2,1-4H3. The van der Waals surface area contributed by atoms with E-state index >= 15 is 0 Å². The molecule has 1 aromatic carbocycles. The van der Waals surface area contributed by atoms with Crippen LogP contribution in [0, 0.1) is 13.8 Å². The zero-order valence-corrected chi connectivity index (χ0v) is 11.9. The van der Waals surface area contributed by atoms with Crippen molar-refractivity contribution >= 4 is 6.29 Å². The number of hydrogen-bond acceptors (Lipinski definition) is 2. The van der Waals surface area contributed by atoms with Crippen molar-refractivity contribution in [3.63, 3.8) is 0 Å². The molecule has 1 aromatic heterocycles. The average molecular weight is 257 g/mol. The second-order valence-electron chi connectivity index (χ2n) is 4.61. The molecular formula is C16H19NO2. The molecule has 0 N–H and O–H groups in total.